The molecule has 0 aliphatic rings. The van der Waals surface area contributed by atoms with E-state index in [1.807, 2.05) is 36.4 Å². The summed E-state index contributed by atoms with van der Waals surface area (Å²) in [5, 5.41) is 0. The maximum absolute atomic E-state index is 3.78. The van der Waals surface area contributed by atoms with Gasteiger partial charge in [-0.15, -0.1) is 39.5 Å². The first-order valence-corrected chi connectivity index (χ1v) is 5.20. The molecule has 0 aliphatic heterocycles. The van der Waals surface area contributed by atoms with Crippen molar-refractivity contribution in [3.8, 4) is 0 Å². The molecule has 0 fully saturated rings. The fourth-order valence-electron chi connectivity index (χ4n) is 0.625. The van der Waals surface area contributed by atoms with Gasteiger partial charge in [0.15, 0.2) is 0 Å². The van der Waals surface area contributed by atoms with Crippen LogP contribution in [-0.4, -0.2) is 9.97 Å². The Hall–Kier alpha value is -1.21. The molecule has 21 heavy (non-hydrogen) atoms. The molecular formula is C16H22Cl2N2Pt. The average Bonchev–Trinajstić information content (AvgIpc) is 2.57. The molecule has 0 bridgehead atoms. The van der Waals surface area contributed by atoms with Crippen molar-refractivity contribution in [3.63, 3.8) is 0 Å². The van der Waals surface area contributed by atoms with Crippen molar-refractivity contribution in [1.29, 1.82) is 0 Å². The maximum atomic E-state index is 3.78. The van der Waals surface area contributed by atoms with E-state index in [4.69, 9.17) is 0 Å². The molecule has 0 saturated carbocycles. The van der Waals surface area contributed by atoms with E-state index in [0.717, 1.165) is 0 Å². The van der Waals surface area contributed by atoms with E-state index in [1.54, 1.807) is 24.8 Å². The first-order chi connectivity index (χ1) is 9.00. The first kappa shape index (κ1) is 36.7. The van der Waals surface area contributed by atoms with Gasteiger partial charge in [0.05, 0.1) is 0 Å². The van der Waals surface area contributed by atoms with Crippen molar-refractivity contribution in [1.82, 2.24) is 9.97 Å². The largest absolute Gasteiger partial charge is 2.00 e. The van der Waals surface area contributed by atoms with Crippen LogP contribution >= 0.6 is 0 Å². The molecule has 0 aromatic carbocycles. The topological polar surface area (TPSA) is 25.8 Å². The third-order valence-corrected chi connectivity index (χ3v) is 1.13. The van der Waals surface area contributed by atoms with Crippen LogP contribution in [-0.2, 0) is 21.1 Å². The minimum atomic E-state index is 0. The molecule has 2 heterocycles. The Bertz CT molecular complexity index is 234. The fourth-order valence-corrected chi connectivity index (χ4v) is 0.625. The van der Waals surface area contributed by atoms with Crippen molar-refractivity contribution < 1.29 is 45.9 Å². The predicted molar refractivity (Wildman–Crippen MR) is 82.2 cm³/mol. The zero-order valence-corrected chi connectivity index (χ0v) is 15.8. The number of nitrogens with zero attached hydrogens (tertiary/aromatic N) is 2. The molecular weight excluding hydrogens is 486 g/mol. The summed E-state index contributed by atoms with van der Waals surface area (Å²) in [6.07, 6.45) is 7.00. The minimum Gasteiger partial charge on any atom is -1.00 e. The maximum Gasteiger partial charge on any atom is 2.00 e. The quantitative estimate of drug-likeness (QED) is 0.409. The minimum absolute atomic E-state index is 0. The standard InChI is InChI=1S/2C5H5N.3C2H4.2ClH.Pt/c2*1-2-4-6-5-3-1;3*1-2;;;/h2*1-5H;3*1-2H2;2*1H;/q;;;;;;;+2/p-2. The number of pyridine rings is 2. The van der Waals surface area contributed by atoms with Gasteiger partial charge in [-0.25, -0.2) is 0 Å². The molecule has 0 saturated heterocycles. The van der Waals surface area contributed by atoms with Crippen LogP contribution in [0.5, 0.6) is 0 Å². The normalized spacial score (nSPS) is 5.14. The Morgan fingerprint density at radius 2 is 0.619 bits per heavy atom. The van der Waals surface area contributed by atoms with E-state index in [2.05, 4.69) is 49.4 Å². The van der Waals surface area contributed by atoms with Gasteiger partial charge in [-0.3, -0.25) is 9.97 Å². The molecule has 120 valence electrons. The van der Waals surface area contributed by atoms with Crippen LogP contribution in [0.25, 0.3) is 0 Å². The Labute approximate surface area is 156 Å². The van der Waals surface area contributed by atoms with Crippen LogP contribution in [0.3, 0.4) is 0 Å². The molecule has 0 radical (unpaired) electrons. The summed E-state index contributed by atoms with van der Waals surface area (Å²) < 4.78 is 0. The van der Waals surface area contributed by atoms with Gasteiger partial charge in [-0.1, -0.05) is 12.1 Å². The summed E-state index contributed by atoms with van der Waals surface area (Å²) >= 11 is 0. The van der Waals surface area contributed by atoms with Gasteiger partial charge in [0.1, 0.15) is 0 Å². The molecule has 2 rings (SSSR count). The molecule has 2 aromatic rings. The van der Waals surface area contributed by atoms with Crippen molar-refractivity contribution >= 4 is 0 Å². The summed E-state index contributed by atoms with van der Waals surface area (Å²) in [6.45, 7) is 18.0. The SMILES string of the molecule is C=C.C=C.C=C.[Cl-].[Cl-].[Pt+2].c1ccncc1.c1ccncc1. The summed E-state index contributed by atoms with van der Waals surface area (Å²) in [7, 11) is 0. The number of hydrogen-bond donors (Lipinski definition) is 0. The van der Waals surface area contributed by atoms with Crippen LogP contribution in [0.15, 0.2) is 101 Å². The van der Waals surface area contributed by atoms with Crippen LogP contribution in [0.2, 0.25) is 0 Å². The first-order valence-electron chi connectivity index (χ1n) is 5.20. The number of aromatic nitrogens is 2. The third kappa shape index (κ3) is 45.5. The van der Waals surface area contributed by atoms with Gasteiger partial charge in [-0.05, 0) is 24.3 Å². The third-order valence-electron chi connectivity index (χ3n) is 1.13. The van der Waals surface area contributed by atoms with Crippen LogP contribution < -0.4 is 24.8 Å². The molecule has 5 heteroatoms. The zero-order chi connectivity index (χ0) is 14.5. The Morgan fingerprint density at radius 1 is 0.429 bits per heavy atom. The predicted octanol–water partition coefficient (Wildman–Crippen LogP) is -1.42. The second kappa shape index (κ2) is 51.1. The van der Waals surface area contributed by atoms with Crippen molar-refractivity contribution in [2.75, 3.05) is 0 Å². The van der Waals surface area contributed by atoms with Gasteiger partial charge in [-0.2, -0.15) is 0 Å². The number of hydrogen-bond acceptors (Lipinski definition) is 2. The summed E-state index contributed by atoms with van der Waals surface area (Å²) in [4.78, 5) is 7.57. The fraction of sp³-hybridized carbons (Fsp3) is 0. The second-order valence-corrected chi connectivity index (χ2v) is 2.05. The monoisotopic (exact) mass is 507 g/mol. The molecule has 2 aromatic heterocycles. The molecule has 0 unspecified atom stereocenters. The summed E-state index contributed by atoms with van der Waals surface area (Å²) in [5.74, 6) is 0. The Morgan fingerprint density at radius 3 is 0.667 bits per heavy atom. The van der Waals surface area contributed by atoms with Gasteiger partial charge < -0.3 is 24.8 Å². The smallest absolute Gasteiger partial charge is 1.00 e. The van der Waals surface area contributed by atoms with Gasteiger partial charge in [0.2, 0.25) is 0 Å². The zero-order valence-electron chi connectivity index (χ0n) is 12.0. The molecule has 2 nitrogen and oxygen atoms in total. The van der Waals surface area contributed by atoms with Gasteiger partial charge in [0.25, 0.3) is 0 Å². The molecule has 0 spiro atoms. The molecule has 0 amide bonds. The summed E-state index contributed by atoms with van der Waals surface area (Å²) in [6, 6.07) is 11.4. The van der Waals surface area contributed by atoms with Crippen molar-refractivity contribution in [3.05, 3.63) is 101 Å². The van der Waals surface area contributed by atoms with Gasteiger partial charge in [0, 0.05) is 24.8 Å². The molecule has 0 atom stereocenters. The molecule has 0 N–H and O–H groups in total. The Kier molecular flexibility index (Phi) is 89.4. The number of halogens is 2. The average molecular weight is 508 g/mol. The van der Waals surface area contributed by atoms with E-state index in [9.17, 15) is 0 Å². The van der Waals surface area contributed by atoms with E-state index < -0.39 is 0 Å². The van der Waals surface area contributed by atoms with E-state index in [-0.39, 0.29) is 45.9 Å². The van der Waals surface area contributed by atoms with Crippen molar-refractivity contribution in [2.24, 2.45) is 0 Å². The van der Waals surface area contributed by atoms with E-state index in [0.29, 0.717) is 0 Å². The van der Waals surface area contributed by atoms with E-state index >= 15 is 0 Å². The molecule has 0 aliphatic carbocycles. The second-order valence-electron chi connectivity index (χ2n) is 2.05. The number of rotatable bonds is 0. The van der Waals surface area contributed by atoms with Crippen LogP contribution in [0.4, 0.5) is 0 Å². The Balaban J connectivity index is -0.0000000359. The van der Waals surface area contributed by atoms with Crippen LogP contribution in [0.1, 0.15) is 0 Å². The van der Waals surface area contributed by atoms with Gasteiger partial charge >= 0.3 is 21.1 Å². The summed E-state index contributed by atoms with van der Waals surface area (Å²) in [5.41, 5.74) is 0. The van der Waals surface area contributed by atoms with Crippen LogP contribution in [0, 0.1) is 0 Å². The van der Waals surface area contributed by atoms with E-state index in [1.165, 1.54) is 0 Å². The van der Waals surface area contributed by atoms with Crippen molar-refractivity contribution in [2.45, 2.75) is 0 Å².